The Labute approximate surface area is 320 Å². The molecule has 4 heterocycles. The standard InChI is InChI=1S/C50H54N4/c1-47(2,3)33-13-17-43-39(23-33)40-24-34(48(4,5)6)14-18-44(40)53(43)37-21-31(27-51-29-37)32-22-38(30-52-28-32)54-45-19-15-35(49(7,8)9)25-41(45)42-26-36(50(10,11)12)16-20-46(42)54/h13-30H,1-12H3. The monoisotopic (exact) mass is 710 g/mol. The molecule has 0 aliphatic heterocycles. The van der Waals surface area contributed by atoms with Crippen molar-refractivity contribution in [3.05, 3.63) is 132 Å². The number of nitrogens with zero attached hydrogens (tertiary/aromatic N) is 4. The average molecular weight is 711 g/mol. The zero-order valence-electron chi connectivity index (χ0n) is 34.2. The number of hydrogen-bond donors (Lipinski definition) is 0. The number of hydrogen-bond acceptors (Lipinski definition) is 2. The predicted octanol–water partition coefficient (Wildman–Crippen LogP) is 13.5. The van der Waals surface area contributed by atoms with Gasteiger partial charge in [0.1, 0.15) is 0 Å². The Bertz CT molecular complexity index is 2410. The highest BCUT2D eigenvalue weighted by molar-refractivity contribution is 6.11. The summed E-state index contributed by atoms with van der Waals surface area (Å²) in [6.45, 7) is 27.4. The van der Waals surface area contributed by atoms with E-state index >= 15 is 0 Å². The van der Waals surface area contributed by atoms with Gasteiger partial charge in [0.15, 0.2) is 0 Å². The minimum Gasteiger partial charge on any atom is -0.308 e. The van der Waals surface area contributed by atoms with Crippen molar-refractivity contribution in [1.82, 2.24) is 19.1 Å². The third kappa shape index (κ3) is 6.10. The van der Waals surface area contributed by atoms with Crippen LogP contribution in [0.25, 0.3) is 66.1 Å². The Balaban J connectivity index is 1.30. The van der Waals surface area contributed by atoms with E-state index in [-0.39, 0.29) is 21.7 Å². The summed E-state index contributed by atoms with van der Waals surface area (Å²) in [6.07, 6.45) is 7.90. The molecule has 8 rings (SSSR count). The van der Waals surface area contributed by atoms with Gasteiger partial charge in [-0.2, -0.15) is 0 Å². The van der Waals surface area contributed by atoms with Gasteiger partial charge in [-0.25, -0.2) is 0 Å². The molecular weight excluding hydrogens is 657 g/mol. The summed E-state index contributed by atoms with van der Waals surface area (Å²) in [4.78, 5) is 9.69. The van der Waals surface area contributed by atoms with Gasteiger partial charge >= 0.3 is 0 Å². The summed E-state index contributed by atoms with van der Waals surface area (Å²) >= 11 is 0. The van der Waals surface area contributed by atoms with E-state index in [2.05, 4.69) is 177 Å². The van der Waals surface area contributed by atoms with Crippen LogP contribution >= 0.6 is 0 Å². The third-order valence-corrected chi connectivity index (χ3v) is 11.3. The minimum absolute atomic E-state index is 0.0455. The summed E-state index contributed by atoms with van der Waals surface area (Å²) < 4.78 is 4.76. The molecule has 0 N–H and O–H groups in total. The lowest BCUT2D eigenvalue weighted by Gasteiger charge is -2.19. The number of benzene rings is 4. The third-order valence-electron chi connectivity index (χ3n) is 11.3. The molecule has 274 valence electrons. The van der Waals surface area contributed by atoms with Gasteiger partial charge in [-0.05, 0) is 105 Å². The molecule has 0 saturated carbocycles. The van der Waals surface area contributed by atoms with Crippen molar-refractivity contribution < 1.29 is 0 Å². The lowest BCUT2D eigenvalue weighted by atomic mass is 9.85. The molecule has 0 fully saturated rings. The second kappa shape index (κ2) is 12.1. The van der Waals surface area contributed by atoms with Crippen molar-refractivity contribution in [2.45, 2.75) is 105 Å². The summed E-state index contributed by atoms with van der Waals surface area (Å²) in [7, 11) is 0. The number of aromatic nitrogens is 4. The normalized spacial score (nSPS) is 13.2. The van der Waals surface area contributed by atoms with E-state index in [4.69, 9.17) is 9.97 Å². The fourth-order valence-corrected chi connectivity index (χ4v) is 7.88. The van der Waals surface area contributed by atoms with E-state index in [1.165, 1.54) is 65.9 Å². The molecule has 0 spiro atoms. The summed E-state index contributed by atoms with van der Waals surface area (Å²) in [6, 6.07) is 32.4. The van der Waals surface area contributed by atoms with Gasteiger partial charge in [-0.15, -0.1) is 0 Å². The van der Waals surface area contributed by atoms with E-state index in [0.29, 0.717) is 0 Å². The Morgan fingerprint density at radius 2 is 0.593 bits per heavy atom. The second-order valence-corrected chi connectivity index (χ2v) is 19.5. The van der Waals surface area contributed by atoms with Gasteiger partial charge in [-0.3, -0.25) is 9.97 Å². The van der Waals surface area contributed by atoms with Crippen molar-refractivity contribution in [1.29, 1.82) is 0 Å². The molecule has 0 bridgehead atoms. The quantitative estimate of drug-likeness (QED) is 0.183. The lowest BCUT2D eigenvalue weighted by molar-refractivity contribution is 0.590. The van der Waals surface area contributed by atoms with Crippen molar-refractivity contribution in [3.63, 3.8) is 0 Å². The molecule has 4 aromatic heterocycles. The van der Waals surface area contributed by atoms with Crippen LogP contribution in [0, 0.1) is 0 Å². The molecular formula is C50H54N4. The van der Waals surface area contributed by atoms with Gasteiger partial charge in [0.05, 0.1) is 45.8 Å². The first-order valence-electron chi connectivity index (χ1n) is 19.4. The highest BCUT2D eigenvalue weighted by Crippen LogP contribution is 2.40. The van der Waals surface area contributed by atoms with Gasteiger partial charge in [-0.1, -0.05) is 107 Å². The van der Waals surface area contributed by atoms with Crippen LogP contribution in [0.3, 0.4) is 0 Å². The summed E-state index contributed by atoms with van der Waals surface area (Å²) in [5, 5.41) is 5.09. The first kappa shape index (κ1) is 35.8. The summed E-state index contributed by atoms with van der Waals surface area (Å²) in [5.41, 5.74) is 14.4. The van der Waals surface area contributed by atoms with E-state index in [9.17, 15) is 0 Å². The van der Waals surface area contributed by atoms with Crippen LogP contribution < -0.4 is 0 Å². The van der Waals surface area contributed by atoms with Crippen molar-refractivity contribution in [2.24, 2.45) is 0 Å². The molecule has 4 aromatic carbocycles. The molecule has 0 saturated heterocycles. The first-order valence-corrected chi connectivity index (χ1v) is 19.4. The van der Waals surface area contributed by atoms with Gasteiger partial charge in [0.2, 0.25) is 0 Å². The van der Waals surface area contributed by atoms with E-state index < -0.39 is 0 Å². The molecule has 0 aliphatic carbocycles. The van der Waals surface area contributed by atoms with Gasteiger partial charge < -0.3 is 9.13 Å². The Kier molecular flexibility index (Phi) is 8.05. The van der Waals surface area contributed by atoms with E-state index in [0.717, 1.165) is 22.5 Å². The van der Waals surface area contributed by atoms with Gasteiger partial charge in [0.25, 0.3) is 0 Å². The van der Waals surface area contributed by atoms with Crippen LogP contribution in [0.5, 0.6) is 0 Å². The molecule has 0 aliphatic rings. The highest BCUT2D eigenvalue weighted by atomic mass is 15.0. The van der Waals surface area contributed by atoms with Crippen molar-refractivity contribution in [3.8, 4) is 22.5 Å². The minimum atomic E-state index is 0.0455. The largest absolute Gasteiger partial charge is 0.308 e. The lowest BCUT2D eigenvalue weighted by Crippen LogP contribution is -2.10. The van der Waals surface area contributed by atoms with Crippen LogP contribution in [0.15, 0.2) is 110 Å². The van der Waals surface area contributed by atoms with E-state index in [1.807, 2.05) is 24.8 Å². The van der Waals surface area contributed by atoms with Crippen molar-refractivity contribution in [2.75, 3.05) is 0 Å². The first-order chi connectivity index (χ1) is 25.3. The van der Waals surface area contributed by atoms with E-state index in [1.54, 1.807) is 0 Å². The number of rotatable bonds is 3. The molecule has 0 radical (unpaired) electrons. The molecule has 54 heavy (non-hydrogen) atoms. The van der Waals surface area contributed by atoms with Crippen molar-refractivity contribution >= 4 is 43.6 Å². The predicted molar refractivity (Wildman–Crippen MR) is 231 cm³/mol. The molecule has 0 atom stereocenters. The zero-order valence-corrected chi connectivity index (χ0v) is 34.2. The SMILES string of the molecule is CC(C)(C)c1ccc2c(c1)c1cc(C(C)(C)C)ccc1n2-c1cncc(-c2cncc(-n3c4ccc(C(C)(C)C)cc4c4cc(C(C)(C)C)ccc43)c2)c1. The maximum absolute atomic E-state index is 4.85. The van der Waals surface area contributed by atoms with Crippen LogP contribution in [-0.4, -0.2) is 19.1 Å². The Morgan fingerprint density at radius 1 is 0.333 bits per heavy atom. The molecule has 4 nitrogen and oxygen atoms in total. The highest BCUT2D eigenvalue weighted by Gasteiger charge is 2.23. The molecule has 0 amide bonds. The fraction of sp³-hybridized carbons (Fsp3) is 0.320. The Hall–Kier alpha value is -5.22. The smallest absolute Gasteiger partial charge is 0.0651 e. The summed E-state index contributed by atoms with van der Waals surface area (Å²) in [5.74, 6) is 0. The van der Waals surface area contributed by atoms with Gasteiger partial charge in [0, 0.05) is 45.1 Å². The topological polar surface area (TPSA) is 35.6 Å². The average Bonchev–Trinajstić information content (AvgIpc) is 3.61. The molecule has 4 heteroatoms. The zero-order chi connectivity index (χ0) is 38.5. The molecule has 8 aromatic rings. The number of pyridine rings is 2. The van der Waals surface area contributed by atoms with Crippen LogP contribution in [-0.2, 0) is 21.7 Å². The van der Waals surface area contributed by atoms with Crippen LogP contribution in [0.1, 0.15) is 105 Å². The maximum Gasteiger partial charge on any atom is 0.0651 e. The molecule has 0 unspecified atom stereocenters. The fourth-order valence-electron chi connectivity index (χ4n) is 7.88. The number of fused-ring (bicyclic) bond motifs is 6. The van der Waals surface area contributed by atoms with Crippen LogP contribution in [0.4, 0.5) is 0 Å². The second-order valence-electron chi connectivity index (χ2n) is 19.5. The van der Waals surface area contributed by atoms with Crippen LogP contribution in [0.2, 0.25) is 0 Å². The maximum atomic E-state index is 4.85. The Morgan fingerprint density at radius 3 is 0.833 bits per heavy atom.